The number of fused-ring (bicyclic) bond motifs is 1. The van der Waals surface area contributed by atoms with Crippen LogP contribution in [0.4, 0.5) is 10.1 Å². The highest BCUT2D eigenvalue weighted by Crippen LogP contribution is 2.25. The molecule has 1 heterocycles. The van der Waals surface area contributed by atoms with Gasteiger partial charge in [-0.25, -0.2) is 9.18 Å². The number of carboxylic acids is 1. The second-order valence-electron chi connectivity index (χ2n) is 4.02. The summed E-state index contributed by atoms with van der Waals surface area (Å²) < 4.78 is 13.4. The summed E-state index contributed by atoms with van der Waals surface area (Å²) >= 11 is 0. The predicted octanol–water partition coefficient (Wildman–Crippen LogP) is 0.973. The summed E-state index contributed by atoms with van der Waals surface area (Å²) in [6, 6.07) is 3.72. The summed E-state index contributed by atoms with van der Waals surface area (Å²) in [6.45, 7) is -0.0723. The number of hydrogen-bond donors (Lipinski definition) is 1. The number of nitro groups is 1. The van der Waals surface area contributed by atoms with Gasteiger partial charge in [-0.1, -0.05) is 6.07 Å². The zero-order valence-electron chi connectivity index (χ0n) is 9.58. The molecule has 0 aromatic heterocycles. The van der Waals surface area contributed by atoms with Gasteiger partial charge in [-0.05, 0) is 12.0 Å². The molecule has 0 bridgehead atoms. The average Bonchev–Trinajstić information content (AvgIpc) is 2.38. The van der Waals surface area contributed by atoms with Crippen LogP contribution in [0, 0.1) is 10.1 Å². The van der Waals surface area contributed by atoms with E-state index in [0.29, 0.717) is 10.5 Å². The Balaban J connectivity index is 2.39. The van der Waals surface area contributed by atoms with Gasteiger partial charge in [-0.2, -0.15) is 0 Å². The van der Waals surface area contributed by atoms with Gasteiger partial charge < -0.3 is 5.11 Å². The van der Waals surface area contributed by atoms with E-state index in [2.05, 4.69) is 0 Å². The van der Waals surface area contributed by atoms with Crippen LogP contribution in [-0.4, -0.2) is 39.6 Å². The Kier molecular flexibility index (Phi) is 3.16. The fraction of sp³-hybridized carbons (Fsp3) is 0.273. The number of rotatable bonds is 3. The molecule has 0 fully saturated rings. The van der Waals surface area contributed by atoms with Crippen molar-refractivity contribution in [3.8, 4) is 0 Å². The van der Waals surface area contributed by atoms with E-state index in [9.17, 15) is 24.1 Å². The number of halogens is 1. The Morgan fingerprint density at radius 1 is 1.53 bits per heavy atom. The molecule has 0 saturated carbocycles. The molecule has 1 aromatic carbocycles. The monoisotopic (exact) mass is 268 g/mol. The molecule has 0 saturated heterocycles. The van der Waals surface area contributed by atoms with Gasteiger partial charge in [0, 0.05) is 24.2 Å². The summed E-state index contributed by atoms with van der Waals surface area (Å²) in [5.41, 5.74) is 0.230. The smallest absolute Gasteiger partial charge is 0.359 e. The van der Waals surface area contributed by atoms with E-state index < -0.39 is 23.1 Å². The SMILES string of the molecule is O=C(O)C(F)N1CCc2ccc([N+](=O)[O-])cc2C1=O. The lowest BCUT2D eigenvalue weighted by Crippen LogP contribution is -2.46. The van der Waals surface area contributed by atoms with E-state index in [1.165, 1.54) is 12.1 Å². The third-order valence-electron chi connectivity index (χ3n) is 2.89. The Labute approximate surface area is 106 Å². The standard InChI is InChI=1S/C11H9FN2O5/c12-9(11(16)17)13-4-3-6-1-2-7(14(18)19)5-8(6)10(13)15/h1-2,5,9H,3-4H2,(H,16,17). The Hall–Kier alpha value is -2.51. The molecule has 0 radical (unpaired) electrons. The van der Waals surface area contributed by atoms with Gasteiger partial charge in [0.15, 0.2) is 0 Å². The maximum absolute atomic E-state index is 13.4. The van der Waals surface area contributed by atoms with E-state index in [-0.39, 0.29) is 24.2 Å². The minimum absolute atomic E-state index is 0.0237. The van der Waals surface area contributed by atoms with Crippen molar-refractivity contribution >= 4 is 17.6 Å². The van der Waals surface area contributed by atoms with Gasteiger partial charge in [-0.15, -0.1) is 0 Å². The van der Waals surface area contributed by atoms with Crippen LogP contribution in [0.1, 0.15) is 15.9 Å². The number of alkyl halides is 1. The van der Waals surface area contributed by atoms with Crippen LogP contribution in [0.15, 0.2) is 18.2 Å². The van der Waals surface area contributed by atoms with Crippen LogP contribution in [-0.2, 0) is 11.2 Å². The van der Waals surface area contributed by atoms with Crippen molar-refractivity contribution in [2.24, 2.45) is 0 Å². The van der Waals surface area contributed by atoms with Crippen molar-refractivity contribution < 1.29 is 24.0 Å². The molecular weight excluding hydrogens is 259 g/mol. The normalized spacial score (nSPS) is 15.8. The number of non-ortho nitro benzene ring substituents is 1. The number of carbonyl (C=O) groups excluding carboxylic acids is 1. The van der Waals surface area contributed by atoms with Gasteiger partial charge >= 0.3 is 5.97 Å². The average molecular weight is 268 g/mol. The first kappa shape index (κ1) is 12.9. The van der Waals surface area contributed by atoms with E-state index in [1.54, 1.807) is 0 Å². The third-order valence-corrected chi connectivity index (χ3v) is 2.89. The van der Waals surface area contributed by atoms with Crippen LogP contribution in [0.2, 0.25) is 0 Å². The molecule has 2 rings (SSSR count). The minimum Gasteiger partial charge on any atom is -0.478 e. The number of amides is 1. The second kappa shape index (κ2) is 4.63. The van der Waals surface area contributed by atoms with Crippen molar-refractivity contribution in [3.63, 3.8) is 0 Å². The summed E-state index contributed by atoms with van der Waals surface area (Å²) in [6.07, 6.45) is -2.19. The largest absolute Gasteiger partial charge is 0.478 e. The summed E-state index contributed by atoms with van der Waals surface area (Å²) in [4.78, 5) is 33.0. The zero-order valence-corrected chi connectivity index (χ0v) is 9.58. The zero-order chi connectivity index (χ0) is 14.2. The molecule has 0 aliphatic carbocycles. The van der Waals surface area contributed by atoms with Crippen LogP contribution >= 0.6 is 0 Å². The van der Waals surface area contributed by atoms with Crippen LogP contribution in [0.3, 0.4) is 0 Å². The fourth-order valence-corrected chi connectivity index (χ4v) is 1.94. The molecule has 1 amide bonds. The molecule has 8 heteroatoms. The van der Waals surface area contributed by atoms with Crippen molar-refractivity contribution in [1.82, 2.24) is 4.90 Å². The summed E-state index contributed by atoms with van der Waals surface area (Å²) in [5.74, 6) is -2.61. The number of carbonyl (C=O) groups is 2. The molecule has 1 aliphatic heterocycles. The van der Waals surface area contributed by atoms with E-state index in [0.717, 1.165) is 6.07 Å². The fourth-order valence-electron chi connectivity index (χ4n) is 1.94. The van der Waals surface area contributed by atoms with Crippen LogP contribution in [0.25, 0.3) is 0 Å². The summed E-state index contributed by atoms with van der Waals surface area (Å²) in [5, 5.41) is 19.2. The predicted molar refractivity (Wildman–Crippen MR) is 60.4 cm³/mol. The Morgan fingerprint density at radius 3 is 2.79 bits per heavy atom. The first-order valence-corrected chi connectivity index (χ1v) is 5.37. The lowest BCUT2D eigenvalue weighted by Gasteiger charge is -2.29. The van der Waals surface area contributed by atoms with Crippen molar-refractivity contribution in [3.05, 3.63) is 39.4 Å². The van der Waals surface area contributed by atoms with E-state index in [4.69, 9.17) is 5.11 Å². The number of carboxylic acid groups (broad SMARTS) is 1. The van der Waals surface area contributed by atoms with Gasteiger partial charge in [0.05, 0.1) is 4.92 Å². The summed E-state index contributed by atoms with van der Waals surface area (Å²) in [7, 11) is 0. The maximum atomic E-state index is 13.4. The van der Waals surface area contributed by atoms with E-state index >= 15 is 0 Å². The quantitative estimate of drug-likeness (QED) is 0.500. The molecule has 1 atom stereocenters. The number of nitro benzene ring substituents is 1. The highest BCUT2D eigenvalue weighted by Gasteiger charge is 2.34. The molecule has 1 N–H and O–H groups in total. The lowest BCUT2D eigenvalue weighted by atomic mass is 9.98. The van der Waals surface area contributed by atoms with Gasteiger partial charge in [0.25, 0.3) is 17.9 Å². The molecule has 0 spiro atoms. The van der Waals surface area contributed by atoms with Crippen molar-refractivity contribution in [1.29, 1.82) is 0 Å². The Bertz CT molecular complexity index is 574. The third kappa shape index (κ3) is 2.24. The number of nitrogens with zero attached hydrogens (tertiary/aromatic N) is 2. The topological polar surface area (TPSA) is 101 Å². The second-order valence-corrected chi connectivity index (χ2v) is 4.02. The van der Waals surface area contributed by atoms with E-state index in [1.807, 2.05) is 0 Å². The van der Waals surface area contributed by atoms with Crippen molar-refractivity contribution in [2.75, 3.05) is 6.54 Å². The van der Waals surface area contributed by atoms with Crippen LogP contribution < -0.4 is 0 Å². The Morgan fingerprint density at radius 2 is 2.21 bits per heavy atom. The molecule has 1 aromatic rings. The first-order chi connectivity index (χ1) is 8.91. The number of aliphatic carboxylic acids is 1. The molecular formula is C11H9FN2O5. The molecule has 19 heavy (non-hydrogen) atoms. The number of benzene rings is 1. The highest BCUT2D eigenvalue weighted by atomic mass is 19.1. The number of hydrogen-bond acceptors (Lipinski definition) is 4. The van der Waals surface area contributed by atoms with Gasteiger partial charge in [-0.3, -0.25) is 19.8 Å². The molecule has 1 aliphatic rings. The minimum atomic E-state index is -2.44. The molecule has 1 unspecified atom stereocenters. The van der Waals surface area contributed by atoms with Crippen LogP contribution in [0.5, 0.6) is 0 Å². The van der Waals surface area contributed by atoms with Crippen molar-refractivity contribution in [2.45, 2.75) is 12.7 Å². The highest BCUT2D eigenvalue weighted by molar-refractivity contribution is 5.99. The van der Waals surface area contributed by atoms with Gasteiger partial charge in [0.1, 0.15) is 0 Å². The first-order valence-electron chi connectivity index (χ1n) is 5.37. The van der Waals surface area contributed by atoms with Gasteiger partial charge in [0.2, 0.25) is 0 Å². The maximum Gasteiger partial charge on any atom is 0.359 e. The molecule has 7 nitrogen and oxygen atoms in total. The molecule has 100 valence electrons. The lowest BCUT2D eigenvalue weighted by molar-refractivity contribution is -0.384.